The number of benzene rings is 1. The monoisotopic (exact) mass is 252 g/mol. The van der Waals surface area contributed by atoms with Gasteiger partial charge in [0, 0.05) is 18.4 Å². The number of nitriles is 1. The molecule has 0 aliphatic carbocycles. The van der Waals surface area contributed by atoms with Crippen LogP contribution in [0.2, 0.25) is 0 Å². The number of nitrogens with two attached hydrogens (primary N) is 1. The van der Waals surface area contributed by atoms with E-state index < -0.39 is 0 Å². The van der Waals surface area contributed by atoms with E-state index >= 15 is 0 Å². The fraction of sp³-hybridized carbons (Fsp3) is 0.0714. The Morgan fingerprint density at radius 1 is 1.37 bits per heavy atom. The van der Waals surface area contributed by atoms with E-state index in [0.717, 1.165) is 5.56 Å². The number of rotatable bonds is 3. The molecule has 0 fully saturated rings. The van der Waals surface area contributed by atoms with Crippen LogP contribution < -0.4 is 11.1 Å². The van der Waals surface area contributed by atoms with Gasteiger partial charge < -0.3 is 11.1 Å². The summed E-state index contributed by atoms with van der Waals surface area (Å²) >= 11 is 0. The molecule has 0 saturated carbocycles. The molecule has 3 N–H and O–H groups in total. The number of carbonyl (C=O) groups excluding carboxylic acids is 1. The zero-order chi connectivity index (χ0) is 13.7. The predicted octanol–water partition coefficient (Wildman–Crippen LogP) is 1.66. The summed E-state index contributed by atoms with van der Waals surface area (Å²) in [4.78, 5) is 15.9. The van der Waals surface area contributed by atoms with E-state index in [-0.39, 0.29) is 11.6 Å². The van der Waals surface area contributed by atoms with Crippen LogP contribution in [-0.4, -0.2) is 10.9 Å². The van der Waals surface area contributed by atoms with Crippen molar-refractivity contribution in [3.63, 3.8) is 0 Å². The van der Waals surface area contributed by atoms with Crippen LogP contribution in [0.1, 0.15) is 21.6 Å². The molecule has 0 aliphatic heterocycles. The van der Waals surface area contributed by atoms with Crippen molar-refractivity contribution in [3.8, 4) is 6.07 Å². The maximum absolute atomic E-state index is 11.9. The minimum Gasteiger partial charge on any atom is -0.326 e. The largest absolute Gasteiger partial charge is 0.326 e. The van der Waals surface area contributed by atoms with Gasteiger partial charge in [0.05, 0.1) is 5.56 Å². The molecular weight excluding hydrogens is 240 g/mol. The smallest absolute Gasteiger partial charge is 0.274 e. The van der Waals surface area contributed by atoms with E-state index in [1.807, 2.05) is 24.3 Å². The van der Waals surface area contributed by atoms with Crippen LogP contribution in [0.4, 0.5) is 5.69 Å². The fourth-order valence-electron chi connectivity index (χ4n) is 1.57. The van der Waals surface area contributed by atoms with Crippen LogP contribution >= 0.6 is 0 Å². The molecule has 0 aliphatic rings. The van der Waals surface area contributed by atoms with Gasteiger partial charge in [0.2, 0.25) is 0 Å². The second-order valence-electron chi connectivity index (χ2n) is 3.90. The first-order valence-corrected chi connectivity index (χ1v) is 5.69. The first-order chi connectivity index (χ1) is 9.22. The van der Waals surface area contributed by atoms with Crippen molar-refractivity contribution >= 4 is 11.6 Å². The number of pyridine rings is 1. The van der Waals surface area contributed by atoms with Crippen molar-refractivity contribution < 1.29 is 4.79 Å². The summed E-state index contributed by atoms with van der Waals surface area (Å²) in [5.74, 6) is -0.321. The van der Waals surface area contributed by atoms with Gasteiger partial charge in [-0.1, -0.05) is 12.1 Å². The Bertz CT molecular complexity index is 629. The molecule has 5 nitrogen and oxygen atoms in total. The minimum atomic E-state index is -0.321. The highest BCUT2D eigenvalue weighted by molar-refractivity contribution is 6.02. The molecule has 19 heavy (non-hydrogen) atoms. The van der Waals surface area contributed by atoms with Crippen LogP contribution in [0.5, 0.6) is 0 Å². The number of hydrogen-bond acceptors (Lipinski definition) is 4. The van der Waals surface area contributed by atoms with Gasteiger partial charge in [-0.05, 0) is 29.8 Å². The zero-order valence-electron chi connectivity index (χ0n) is 10.1. The third-order valence-electron chi connectivity index (χ3n) is 2.55. The highest BCUT2D eigenvalue weighted by Gasteiger charge is 2.07. The Balaban J connectivity index is 2.13. The van der Waals surface area contributed by atoms with E-state index in [2.05, 4.69) is 10.3 Å². The predicted molar refractivity (Wildman–Crippen MR) is 71.2 cm³/mol. The molecule has 1 aromatic heterocycles. The molecule has 0 unspecified atom stereocenters. The van der Waals surface area contributed by atoms with Gasteiger partial charge in [-0.15, -0.1) is 0 Å². The van der Waals surface area contributed by atoms with Crippen LogP contribution in [0.25, 0.3) is 0 Å². The van der Waals surface area contributed by atoms with Crippen molar-refractivity contribution in [1.82, 2.24) is 4.98 Å². The molecule has 0 bridgehead atoms. The molecule has 1 heterocycles. The lowest BCUT2D eigenvalue weighted by molar-refractivity contribution is 0.102. The number of hydrogen-bond donors (Lipinski definition) is 2. The van der Waals surface area contributed by atoms with Gasteiger partial charge >= 0.3 is 0 Å². The lowest BCUT2D eigenvalue weighted by Gasteiger charge is -2.06. The Hall–Kier alpha value is -2.71. The van der Waals surface area contributed by atoms with Gasteiger partial charge in [-0.25, -0.2) is 4.98 Å². The van der Waals surface area contributed by atoms with E-state index in [0.29, 0.717) is 17.8 Å². The molecule has 1 amide bonds. The molecule has 2 aromatic rings. The average Bonchev–Trinajstić information content (AvgIpc) is 2.47. The molecule has 5 heteroatoms. The zero-order valence-corrected chi connectivity index (χ0v) is 10.1. The van der Waals surface area contributed by atoms with Gasteiger partial charge in [0.1, 0.15) is 11.8 Å². The number of nitrogens with zero attached hydrogens (tertiary/aromatic N) is 2. The summed E-state index contributed by atoms with van der Waals surface area (Å²) in [6.45, 7) is 0.416. The Kier molecular flexibility index (Phi) is 3.86. The lowest BCUT2D eigenvalue weighted by atomic mass is 10.2. The normalized spacial score (nSPS) is 9.68. The van der Waals surface area contributed by atoms with Crippen LogP contribution in [0, 0.1) is 11.3 Å². The molecule has 0 atom stereocenters. The summed E-state index contributed by atoms with van der Waals surface area (Å²) in [5, 5.41) is 11.4. The SMILES string of the molecule is N#Cc1ccc(C(=O)Nc2cccc(CN)c2)nc1. The minimum absolute atomic E-state index is 0.261. The number of anilines is 1. The third kappa shape index (κ3) is 3.15. The Labute approximate surface area is 110 Å². The number of amides is 1. The summed E-state index contributed by atoms with van der Waals surface area (Å²) < 4.78 is 0. The number of aromatic nitrogens is 1. The average molecular weight is 252 g/mol. The summed E-state index contributed by atoms with van der Waals surface area (Å²) in [6, 6.07) is 12.3. The number of carbonyl (C=O) groups is 1. The van der Waals surface area contributed by atoms with Gasteiger partial charge in [-0.3, -0.25) is 4.79 Å². The standard InChI is InChI=1S/C14H12N4O/c15-7-10-2-1-3-12(6-10)18-14(19)13-5-4-11(8-16)9-17-13/h1-6,9H,7,15H2,(H,18,19). The molecular formula is C14H12N4O. The molecule has 2 rings (SSSR count). The molecule has 0 spiro atoms. The van der Waals surface area contributed by atoms with E-state index in [1.54, 1.807) is 12.1 Å². The lowest BCUT2D eigenvalue weighted by Crippen LogP contribution is -2.13. The van der Waals surface area contributed by atoms with Crippen molar-refractivity contribution in [3.05, 3.63) is 59.4 Å². The van der Waals surface area contributed by atoms with Crippen molar-refractivity contribution in [2.75, 3.05) is 5.32 Å². The second kappa shape index (κ2) is 5.76. The fourth-order valence-corrected chi connectivity index (χ4v) is 1.57. The molecule has 0 radical (unpaired) electrons. The van der Waals surface area contributed by atoms with E-state index in [1.165, 1.54) is 12.3 Å². The maximum Gasteiger partial charge on any atom is 0.274 e. The second-order valence-corrected chi connectivity index (χ2v) is 3.90. The molecule has 1 aromatic carbocycles. The number of nitrogens with one attached hydrogen (secondary N) is 1. The highest BCUT2D eigenvalue weighted by Crippen LogP contribution is 2.11. The van der Waals surface area contributed by atoms with Crippen molar-refractivity contribution in [1.29, 1.82) is 5.26 Å². The van der Waals surface area contributed by atoms with E-state index in [9.17, 15) is 4.79 Å². The van der Waals surface area contributed by atoms with Gasteiger partial charge in [0.25, 0.3) is 5.91 Å². The first-order valence-electron chi connectivity index (χ1n) is 5.69. The quantitative estimate of drug-likeness (QED) is 0.869. The maximum atomic E-state index is 11.9. The van der Waals surface area contributed by atoms with Gasteiger partial charge in [0.15, 0.2) is 0 Å². The van der Waals surface area contributed by atoms with Crippen LogP contribution in [0.3, 0.4) is 0 Å². The summed E-state index contributed by atoms with van der Waals surface area (Å²) in [7, 11) is 0. The highest BCUT2D eigenvalue weighted by atomic mass is 16.1. The first kappa shape index (κ1) is 12.7. The van der Waals surface area contributed by atoms with Crippen LogP contribution in [0.15, 0.2) is 42.6 Å². The molecule has 94 valence electrons. The van der Waals surface area contributed by atoms with E-state index in [4.69, 9.17) is 11.0 Å². The van der Waals surface area contributed by atoms with Crippen LogP contribution in [-0.2, 0) is 6.54 Å². The Morgan fingerprint density at radius 2 is 2.21 bits per heavy atom. The van der Waals surface area contributed by atoms with Crippen molar-refractivity contribution in [2.45, 2.75) is 6.54 Å². The Morgan fingerprint density at radius 3 is 2.84 bits per heavy atom. The third-order valence-corrected chi connectivity index (χ3v) is 2.55. The van der Waals surface area contributed by atoms with Crippen molar-refractivity contribution in [2.24, 2.45) is 5.73 Å². The van der Waals surface area contributed by atoms with Gasteiger partial charge in [-0.2, -0.15) is 5.26 Å². The topological polar surface area (TPSA) is 91.8 Å². The molecule has 0 saturated heterocycles. The summed E-state index contributed by atoms with van der Waals surface area (Å²) in [6.07, 6.45) is 1.37. The summed E-state index contributed by atoms with van der Waals surface area (Å²) in [5.41, 5.74) is 7.82.